The molecule has 0 unspecified atom stereocenters. The van der Waals surface area contributed by atoms with Crippen LogP contribution in [0.25, 0.3) is 0 Å². The van der Waals surface area contributed by atoms with E-state index in [4.69, 9.17) is 0 Å². The first-order chi connectivity index (χ1) is 12.0. The molecule has 0 radical (unpaired) electrons. The van der Waals surface area contributed by atoms with E-state index in [-0.39, 0.29) is 24.0 Å². The van der Waals surface area contributed by atoms with Crippen LogP contribution in [0.15, 0.2) is 24.3 Å². The second kappa shape index (κ2) is 7.87. The van der Waals surface area contributed by atoms with Gasteiger partial charge in [0.15, 0.2) is 0 Å². The summed E-state index contributed by atoms with van der Waals surface area (Å²) in [5, 5.41) is 5.92. The fourth-order valence-corrected chi connectivity index (χ4v) is 3.62. The number of benzene rings is 1. The van der Waals surface area contributed by atoms with Gasteiger partial charge in [0.25, 0.3) is 0 Å². The van der Waals surface area contributed by atoms with Crippen LogP contribution in [0, 0.1) is 6.92 Å². The van der Waals surface area contributed by atoms with Gasteiger partial charge in [-0.2, -0.15) is 0 Å². The largest absolute Gasteiger partial charge is 0.350 e. The number of amides is 3. The van der Waals surface area contributed by atoms with Crippen molar-refractivity contribution in [3.63, 3.8) is 0 Å². The molecule has 0 bridgehead atoms. The summed E-state index contributed by atoms with van der Waals surface area (Å²) in [6.45, 7) is 7.56. The van der Waals surface area contributed by atoms with Gasteiger partial charge in [-0.25, -0.2) is 4.79 Å². The Bertz CT molecular complexity index is 604. The van der Waals surface area contributed by atoms with Crippen molar-refractivity contribution >= 4 is 11.9 Å². The number of rotatable bonds is 5. The van der Waals surface area contributed by atoms with E-state index in [0.717, 1.165) is 13.1 Å². The van der Waals surface area contributed by atoms with Gasteiger partial charge in [-0.3, -0.25) is 9.69 Å². The minimum Gasteiger partial charge on any atom is -0.350 e. The first kappa shape index (κ1) is 17.7. The molecule has 0 spiro atoms. The van der Waals surface area contributed by atoms with Gasteiger partial charge in [-0.15, -0.1) is 0 Å². The highest BCUT2D eigenvalue weighted by Gasteiger charge is 2.32. The van der Waals surface area contributed by atoms with Crippen LogP contribution < -0.4 is 10.6 Å². The molecule has 1 aromatic rings. The minimum absolute atomic E-state index is 0.0430. The second-order valence-corrected chi connectivity index (χ2v) is 7.16. The maximum atomic E-state index is 12.3. The number of carbonyl (C=O) groups is 2. The lowest BCUT2D eigenvalue weighted by Crippen LogP contribution is -2.63. The van der Waals surface area contributed by atoms with Gasteiger partial charge in [0.1, 0.15) is 0 Å². The zero-order valence-electron chi connectivity index (χ0n) is 15.1. The quantitative estimate of drug-likeness (QED) is 0.854. The fourth-order valence-electron chi connectivity index (χ4n) is 3.62. The second-order valence-electron chi connectivity index (χ2n) is 7.16. The summed E-state index contributed by atoms with van der Waals surface area (Å²) >= 11 is 0. The summed E-state index contributed by atoms with van der Waals surface area (Å²) < 4.78 is 0. The molecule has 2 aliphatic heterocycles. The molecule has 25 heavy (non-hydrogen) atoms. The first-order valence-corrected chi connectivity index (χ1v) is 9.13. The van der Waals surface area contributed by atoms with Crippen molar-refractivity contribution in [2.75, 3.05) is 32.7 Å². The van der Waals surface area contributed by atoms with Gasteiger partial charge >= 0.3 is 6.03 Å². The Kier molecular flexibility index (Phi) is 5.58. The van der Waals surface area contributed by atoms with Crippen LogP contribution in [-0.2, 0) is 4.79 Å². The summed E-state index contributed by atoms with van der Waals surface area (Å²) in [6, 6.07) is 8.87. The van der Waals surface area contributed by atoms with Gasteiger partial charge in [0.05, 0.1) is 12.1 Å². The number of likely N-dealkylation sites (tertiary alicyclic amines) is 2. The minimum atomic E-state index is -0.0436. The Morgan fingerprint density at radius 3 is 2.40 bits per heavy atom. The topological polar surface area (TPSA) is 64.7 Å². The highest BCUT2D eigenvalue weighted by Crippen LogP contribution is 2.25. The zero-order chi connectivity index (χ0) is 17.8. The van der Waals surface area contributed by atoms with Crippen molar-refractivity contribution < 1.29 is 9.59 Å². The Labute approximate surface area is 149 Å². The van der Waals surface area contributed by atoms with E-state index >= 15 is 0 Å². The van der Waals surface area contributed by atoms with Gasteiger partial charge in [-0.1, -0.05) is 29.8 Å². The molecule has 2 saturated heterocycles. The summed E-state index contributed by atoms with van der Waals surface area (Å²) in [5.41, 5.74) is 2.50. The van der Waals surface area contributed by atoms with Crippen molar-refractivity contribution in [3.8, 4) is 0 Å². The van der Waals surface area contributed by atoms with E-state index in [9.17, 15) is 9.59 Å². The lowest BCUT2D eigenvalue weighted by atomic mass is 10.0. The molecule has 3 rings (SSSR count). The summed E-state index contributed by atoms with van der Waals surface area (Å²) in [7, 11) is 0. The number of hydrogen-bond acceptors (Lipinski definition) is 3. The molecule has 0 aliphatic carbocycles. The van der Waals surface area contributed by atoms with E-state index in [1.54, 1.807) is 4.90 Å². The Morgan fingerprint density at radius 2 is 1.80 bits per heavy atom. The van der Waals surface area contributed by atoms with Crippen LogP contribution in [0.5, 0.6) is 0 Å². The van der Waals surface area contributed by atoms with Crippen LogP contribution in [0.3, 0.4) is 0 Å². The van der Waals surface area contributed by atoms with Gasteiger partial charge in [0, 0.05) is 26.6 Å². The van der Waals surface area contributed by atoms with Crippen LogP contribution in [0.4, 0.5) is 4.79 Å². The third-order valence-corrected chi connectivity index (χ3v) is 5.07. The highest BCUT2D eigenvalue weighted by molar-refractivity contribution is 5.77. The lowest BCUT2D eigenvalue weighted by molar-refractivity contribution is -0.120. The number of carbonyl (C=O) groups excluding carboxylic acids is 2. The van der Waals surface area contributed by atoms with Crippen LogP contribution in [-0.4, -0.2) is 60.5 Å². The summed E-state index contributed by atoms with van der Waals surface area (Å²) in [5.74, 6) is -0.0430. The molecule has 3 amide bonds. The Balaban J connectivity index is 1.55. The van der Waals surface area contributed by atoms with Crippen molar-refractivity contribution in [2.24, 2.45) is 0 Å². The molecule has 1 atom stereocenters. The normalized spacial score (nSPS) is 19.4. The number of urea groups is 1. The molecule has 2 aliphatic rings. The third-order valence-electron chi connectivity index (χ3n) is 5.07. The SMILES string of the molecule is CC(=O)NC1CN(C(=O)NC[C@H](c2ccc(C)cc2)N2CCCC2)C1. The monoisotopic (exact) mass is 344 g/mol. The molecular weight excluding hydrogens is 316 g/mol. The zero-order valence-corrected chi connectivity index (χ0v) is 15.1. The summed E-state index contributed by atoms with van der Waals surface area (Å²) in [4.78, 5) is 27.6. The van der Waals surface area contributed by atoms with E-state index in [0.29, 0.717) is 19.6 Å². The smallest absolute Gasteiger partial charge is 0.317 e. The number of nitrogens with zero attached hydrogens (tertiary/aromatic N) is 2. The average molecular weight is 344 g/mol. The van der Waals surface area contributed by atoms with Gasteiger partial charge < -0.3 is 15.5 Å². The molecule has 0 aromatic heterocycles. The fraction of sp³-hybridized carbons (Fsp3) is 0.579. The third kappa shape index (κ3) is 4.51. The van der Waals surface area contributed by atoms with E-state index in [1.165, 1.54) is 30.9 Å². The average Bonchev–Trinajstić information content (AvgIpc) is 3.06. The van der Waals surface area contributed by atoms with Crippen LogP contribution in [0.1, 0.15) is 36.9 Å². The molecule has 0 saturated carbocycles. The van der Waals surface area contributed by atoms with Crippen molar-refractivity contribution in [1.29, 1.82) is 0 Å². The van der Waals surface area contributed by atoms with Crippen LogP contribution >= 0.6 is 0 Å². The van der Waals surface area contributed by atoms with Crippen molar-refractivity contribution in [1.82, 2.24) is 20.4 Å². The number of nitrogens with one attached hydrogen (secondary N) is 2. The van der Waals surface area contributed by atoms with Gasteiger partial charge in [0.2, 0.25) is 5.91 Å². The number of aryl methyl sites for hydroxylation is 1. The summed E-state index contributed by atoms with van der Waals surface area (Å²) in [6.07, 6.45) is 2.45. The Morgan fingerprint density at radius 1 is 1.16 bits per heavy atom. The maximum absolute atomic E-state index is 12.3. The van der Waals surface area contributed by atoms with E-state index < -0.39 is 0 Å². The van der Waals surface area contributed by atoms with E-state index in [2.05, 4.69) is 46.7 Å². The standard InChI is InChI=1S/C19H28N4O2/c1-14-5-7-16(8-6-14)18(22-9-3-4-10-22)11-20-19(25)23-12-17(13-23)21-15(2)24/h5-8,17-18H,3-4,9-13H2,1-2H3,(H,20,25)(H,21,24)/t18-/m1/s1. The molecular formula is C19H28N4O2. The first-order valence-electron chi connectivity index (χ1n) is 9.13. The predicted octanol–water partition coefficient (Wildman–Crippen LogP) is 1.66. The van der Waals surface area contributed by atoms with E-state index in [1.807, 2.05) is 0 Å². The highest BCUT2D eigenvalue weighted by atomic mass is 16.2. The van der Waals surface area contributed by atoms with Crippen LogP contribution in [0.2, 0.25) is 0 Å². The molecule has 6 heteroatoms. The lowest BCUT2D eigenvalue weighted by Gasteiger charge is -2.39. The van der Waals surface area contributed by atoms with Crippen molar-refractivity contribution in [3.05, 3.63) is 35.4 Å². The molecule has 136 valence electrons. The number of hydrogen-bond donors (Lipinski definition) is 2. The molecule has 6 nitrogen and oxygen atoms in total. The molecule has 1 aromatic carbocycles. The van der Waals surface area contributed by atoms with Crippen molar-refractivity contribution in [2.45, 2.75) is 38.8 Å². The Hall–Kier alpha value is -2.08. The maximum Gasteiger partial charge on any atom is 0.317 e. The molecule has 2 heterocycles. The molecule has 2 N–H and O–H groups in total. The predicted molar refractivity (Wildman–Crippen MR) is 97.3 cm³/mol. The molecule has 2 fully saturated rings. The van der Waals surface area contributed by atoms with Gasteiger partial charge in [-0.05, 0) is 38.4 Å².